The molecule has 4 heteroatoms. The first-order valence-corrected chi connectivity index (χ1v) is 4.40. The van der Waals surface area contributed by atoms with Crippen LogP contribution in [0, 0.1) is 0 Å². The number of carbonyl (C=O) groups excluding carboxylic acids is 1. The zero-order chi connectivity index (χ0) is 10.0. The van der Waals surface area contributed by atoms with Crippen molar-refractivity contribution in [2.24, 2.45) is 0 Å². The Morgan fingerprint density at radius 1 is 1.31 bits per heavy atom. The van der Waals surface area contributed by atoms with Crippen LogP contribution in [0.4, 0.5) is 4.39 Å². The molecule has 0 saturated heterocycles. The predicted molar refractivity (Wildman–Crippen MR) is 51.4 cm³/mol. The highest BCUT2D eigenvalue weighted by Gasteiger charge is 2.14. The average Bonchev–Trinajstić information content (AvgIpc) is 2.01. The number of hydrogen-bond donors (Lipinski definition) is 0. The van der Waals surface area contributed by atoms with Crippen molar-refractivity contribution in [3.8, 4) is 0 Å². The number of ketones is 1. The molecule has 0 aliphatic heterocycles. The minimum absolute atomic E-state index is 0.201. The van der Waals surface area contributed by atoms with Crippen molar-refractivity contribution in [2.45, 2.75) is 13.1 Å². The van der Waals surface area contributed by atoms with Crippen LogP contribution in [0.25, 0.3) is 0 Å². The van der Waals surface area contributed by atoms with Gasteiger partial charge in [0.05, 0.1) is 0 Å². The molecule has 0 spiro atoms. The fourth-order valence-corrected chi connectivity index (χ4v) is 1.45. The van der Waals surface area contributed by atoms with Crippen molar-refractivity contribution in [3.05, 3.63) is 33.8 Å². The topological polar surface area (TPSA) is 17.1 Å². The maximum absolute atomic E-state index is 12.6. The molecule has 0 aromatic heterocycles. The molecule has 0 fully saturated rings. The Morgan fingerprint density at radius 2 is 1.77 bits per heavy atom. The summed E-state index contributed by atoms with van der Waals surface area (Å²) in [5, 5.41) is 0.660. The zero-order valence-electron chi connectivity index (χ0n) is 6.85. The quantitative estimate of drug-likeness (QED) is 0.698. The number of alkyl halides is 1. The summed E-state index contributed by atoms with van der Waals surface area (Å²) < 4.78 is 12.6. The van der Waals surface area contributed by atoms with Gasteiger partial charge in [-0.05, 0) is 25.1 Å². The molecule has 0 bridgehead atoms. The van der Waals surface area contributed by atoms with Crippen LogP contribution in [0.15, 0.2) is 18.2 Å². The molecule has 0 aliphatic carbocycles. The first kappa shape index (κ1) is 10.5. The Bertz CT molecular complexity index is 316. The van der Waals surface area contributed by atoms with Crippen LogP contribution in [0.1, 0.15) is 17.3 Å². The van der Waals surface area contributed by atoms with Crippen molar-refractivity contribution < 1.29 is 9.18 Å². The molecule has 1 aromatic rings. The molecule has 0 saturated carbocycles. The molecule has 1 nitrogen and oxygen atoms in total. The summed E-state index contributed by atoms with van der Waals surface area (Å²) in [6.07, 6.45) is -1.53. The van der Waals surface area contributed by atoms with Gasteiger partial charge in [-0.25, -0.2) is 4.39 Å². The molecule has 1 rings (SSSR count). The lowest BCUT2D eigenvalue weighted by Crippen LogP contribution is -2.11. The summed E-state index contributed by atoms with van der Waals surface area (Å²) >= 11 is 11.3. The fraction of sp³-hybridized carbons (Fsp3) is 0.222. The molecule has 1 aromatic carbocycles. The van der Waals surface area contributed by atoms with E-state index in [4.69, 9.17) is 23.2 Å². The van der Waals surface area contributed by atoms with E-state index in [1.807, 2.05) is 0 Å². The standard InChI is InChI=1S/C9H7Cl2FO/c1-5(12)9(13)6-2-7(10)4-8(11)3-6/h2-5H,1H3. The lowest BCUT2D eigenvalue weighted by atomic mass is 10.1. The summed E-state index contributed by atoms with van der Waals surface area (Å²) in [6, 6.07) is 4.28. The van der Waals surface area contributed by atoms with Gasteiger partial charge < -0.3 is 0 Å². The van der Waals surface area contributed by atoms with E-state index in [9.17, 15) is 9.18 Å². The summed E-state index contributed by atoms with van der Waals surface area (Å²) in [6.45, 7) is 1.18. The largest absolute Gasteiger partial charge is 0.291 e. The Kier molecular flexibility index (Phi) is 3.28. The van der Waals surface area contributed by atoms with E-state index in [2.05, 4.69) is 0 Å². The molecule has 1 atom stereocenters. The van der Waals surface area contributed by atoms with E-state index in [0.29, 0.717) is 10.0 Å². The molecular formula is C9H7Cl2FO. The summed E-state index contributed by atoms with van der Waals surface area (Å²) in [4.78, 5) is 11.2. The normalized spacial score (nSPS) is 12.6. The second kappa shape index (κ2) is 4.07. The summed E-state index contributed by atoms with van der Waals surface area (Å²) in [5.41, 5.74) is 0.201. The Morgan fingerprint density at radius 3 is 2.15 bits per heavy atom. The highest BCUT2D eigenvalue weighted by atomic mass is 35.5. The highest BCUT2D eigenvalue weighted by molar-refractivity contribution is 6.35. The van der Waals surface area contributed by atoms with Crippen LogP contribution >= 0.6 is 23.2 Å². The minimum Gasteiger partial charge on any atom is -0.291 e. The van der Waals surface area contributed by atoms with Gasteiger partial charge in [-0.1, -0.05) is 23.2 Å². The van der Waals surface area contributed by atoms with Crippen LogP contribution in [0.3, 0.4) is 0 Å². The lowest BCUT2D eigenvalue weighted by molar-refractivity contribution is 0.0893. The van der Waals surface area contributed by atoms with Gasteiger partial charge in [0.2, 0.25) is 0 Å². The van der Waals surface area contributed by atoms with Crippen molar-refractivity contribution >= 4 is 29.0 Å². The van der Waals surface area contributed by atoms with E-state index >= 15 is 0 Å². The molecule has 70 valence electrons. The van der Waals surface area contributed by atoms with Gasteiger partial charge in [0, 0.05) is 15.6 Å². The van der Waals surface area contributed by atoms with Crippen LogP contribution in [-0.2, 0) is 0 Å². The van der Waals surface area contributed by atoms with E-state index in [-0.39, 0.29) is 5.56 Å². The SMILES string of the molecule is CC(F)C(=O)c1cc(Cl)cc(Cl)c1. The summed E-state index contributed by atoms with van der Waals surface area (Å²) in [5.74, 6) is -0.607. The van der Waals surface area contributed by atoms with Crippen molar-refractivity contribution in [2.75, 3.05) is 0 Å². The molecule has 0 radical (unpaired) electrons. The number of hydrogen-bond acceptors (Lipinski definition) is 1. The Labute approximate surface area is 85.5 Å². The number of benzene rings is 1. The van der Waals surface area contributed by atoms with Crippen LogP contribution < -0.4 is 0 Å². The van der Waals surface area contributed by atoms with Gasteiger partial charge in [-0.2, -0.15) is 0 Å². The predicted octanol–water partition coefficient (Wildman–Crippen LogP) is 3.53. The molecule has 0 aliphatic rings. The smallest absolute Gasteiger partial charge is 0.196 e. The third-order valence-corrected chi connectivity index (χ3v) is 1.94. The first-order chi connectivity index (χ1) is 6.00. The summed E-state index contributed by atoms with van der Waals surface area (Å²) in [7, 11) is 0. The molecule has 0 amide bonds. The van der Waals surface area contributed by atoms with E-state index in [1.165, 1.54) is 25.1 Å². The zero-order valence-corrected chi connectivity index (χ0v) is 8.36. The Balaban J connectivity index is 3.08. The van der Waals surface area contributed by atoms with E-state index < -0.39 is 12.0 Å². The van der Waals surface area contributed by atoms with Crippen LogP contribution in [0.5, 0.6) is 0 Å². The third kappa shape index (κ3) is 2.68. The van der Waals surface area contributed by atoms with Crippen LogP contribution in [-0.4, -0.2) is 12.0 Å². The fourth-order valence-electron chi connectivity index (χ4n) is 0.926. The van der Waals surface area contributed by atoms with E-state index in [1.54, 1.807) is 0 Å². The van der Waals surface area contributed by atoms with Crippen molar-refractivity contribution in [1.82, 2.24) is 0 Å². The molecule has 13 heavy (non-hydrogen) atoms. The van der Waals surface area contributed by atoms with Gasteiger partial charge in [-0.3, -0.25) is 4.79 Å². The number of carbonyl (C=O) groups is 1. The van der Waals surface area contributed by atoms with Gasteiger partial charge in [0.15, 0.2) is 12.0 Å². The minimum atomic E-state index is -1.53. The monoisotopic (exact) mass is 220 g/mol. The van der Waals surface area contributed by atoms with Gasteiger partial charge in [0.25, 0.3) is 0 Å². The molecule has 0 heterocycles. The Hall–Kier alpha value is -0.600. The molecule has 0 N–H and O–H groups in total. The number of rotatable bonds is 2. The average molecular weight is 221 g/mol. The second-order valence-electron chi connectivity index (χ2n) is 2.64. The van der Waals surface area contributed by atoms with E-state index in [0.717, 1.165) is 0 Å². The highest BCUT2D eigenvalue weighted by Crippen LogP contribution is 2.20. The van der Waals surface area contributed by atoms with Gasteiger partial charge in [0.1, 0.15) is 0 Å². The van der Waals surface area contributed by atoms with Crippen LogP contribution in [0.2, 0.25) is 10.0 Å². The lowest BCUT2D eigenvalue weighted by Gasteiger charge is -2.02. The molecular weight excluding hydrogens is 214 g/mol. The van der Waals surface area contributed by atoms with Gasteiger partial charge >= 0.3 is 0 Å². The van der Waals surface area contributed by atoms with Crippen molar-refractivity contribution in [3.63, 3.8) is 0 Å². The van der Waals surface area contributed by atoms with Crippen molar-refractivity contribution in [1.29, 1.82) is 0 Å². The number of Topliss-reactive ketones (excluding diaryl/α,β-unsaturated/α-hetero) is 1. The maximum Gasteiger partial charge on any atom is 0.196 e. The van der Waals surface area contributed by atoms with Gasteiger partial charge in [-0.15, -0.1) is 0 Å². The maximum atomic E-state index is 12.6. The second-order valence-corrected chi connectivity index (χ2v) is 3.51. The third-order valence-electron chi connectivity index (χ3n) is 1.51. The first-order valence-electron chi connectivity index (χ1n) is 3.65. The number of halogens is 3. The molecule has 1 unspecified atom stereocenters.